The van der Waals surface area contributed by atoms with Crippen LogP contribution in [-0.4, -0.2) is 16.7 Å². The quantitative estimate of drug-likeness (QED) is 0.581. The van der Waals surface area contributed by atoms with E-state index in [1.807, 2.05) is 42.5 Å². The zero-order valence-electron chi connectivity index (χ0n) is 13.7. The number of nitrogens with zero attached hydrogens (tertiary/aromatic N) is 2. The Morgan fingerprint density at radius 1 is 1.08 bits per heavy atom. The van der Waals surface area contributed by atoms with Crippen molar-refractivity contribution in [2.24, 2.45) is 0 Å². The molecule has 3 aromatic rings. The lowest BCUT2D eigenvalue weighted by Crippen LogP contribution is -1.94. The van der Waals surface area contributed by atoms with Crippen LogP contribution in [0.25, 0.3) is 23.4 Å². The van der Waals surface area contributed by atoms with Gasteiger partial charge in [-0.25, -0.2) is 4.98 Å². The summed E-state index contributed by atoms with van der Waals surface area (Å²) in [5.41, 5.74) is 3.07. The fraction of sp³-hybridized carbons (Fsp3) is 0.150. The van der Waals surface area contributed by atoms with Gasteiger partial charge in [0.15, 0.2) is 0 Å². The number of rotatable bonds is 5. The third-order valence-electron chi connectivity index (χ3n) is 3.83. The molecule has 0 unspecified atom stereocenters. The fourth-order valence-corrected chi connectivity index (χ4v) is 2.81. The SMILES string of the molecule is CCn1cc(-c2ccccc2OC)nc1/C=C/c1ccc(Br)cc1. The van der Waals surface area contributed by atoms with Crippen molar-refractivity contribution in [1.29, 1.82) is 0 Å². The number of aromatic nitrogens is 2. The van der Waals surface area contributed by atoms with Gasteiger partial charge in [-0.05, 0) is 42.8 Å². The van der Waals surface area contributed by atoms with Crippen molar-refractivity contribution in [1.82, 2.24) is 9.55 Å². The number of imidazole rings is 1. The number of methoxy groups -OCH3 is 1. The van der Waals surface area contributed by atoms with Crippen LogP contribution in [-0.2, 0) is 6.54 Å². The van der Waals surface area contributed by atoms with Crippen LogP contribution in [0.4, 0.5) is 0 Å². The molecule has 0 atom stereocenters. The number of aryl methyl sites for hydroxylation is 1. The van der Waals surface area contributed by atoms with Gasteiger partial charge in [-0.2, -0.15) is 0 Å². The van der Waals surface area contributed by atoms with E-state index < -0.39 is 0 Å². The summed E-state index contributed by atoms with van der Waals surface area (Å²) in [6, 6.07) is 16.2. The summed E-state index contributed by atoms with van der Waals surface area (Å²) in [4.78, 5) is 4.78. The molecule has 0 spiro atoms. The van der Waals surface area contributed by atoms with E-state index in [1.54, 1.807) is 7.11 Å². The molecule has 0 bridgehead atoms. The van der Waals surface area contributed by atoms with Crippen LogP contribution >= 0.6 is 15.9 Å². The maximum absolute atomic E-state index is 5.45. The van der Waals surface area contributed by atoms with Gasteiger partial charge in [0.05, 0.1) is 12.8 Å². The van der Waals surface area contributed by atoms with Gasteiger partial charge < -0.3 is 9.30 Å². The first-order valence-electron chi connectivity index (χ1n) is 7.85. The molecule has 1 heterocycles. The molecule has 0 fully saturated rings. The maximum Gasteiger partial charge on any atom is 0.133 e. The highest BCUT2D eigenvalue weighted by atomic mass is 79.9. The lowest BCUT2D eigenvalue weighted by molar-refractivity contribution is 0.416. The van der Waals surface area contributed by atoms with E-state index in [4.69, 9.17) is 9.72 Å². The van der Waals surface area contributed by atoms with Crippen LogP contribution in [0.1, 0.15) is 18.3 Å². The molecule has 0 radical (unpaired) electrons. The van der Waals surface area contributed by atoms with Crippen LogP contribution in [0.5, 0.6) is 5.75 Å². The Morgan fingerprint density at radius 2 is 1.83 bits per heavy atom. The van der Waals surface area contributed by atoms with E-state index >= 15 is 0 Å². The molecule has 0 N–H and O–H groups in total. The molecule has 24 heavy (non-hydrogen) atoms. The highest BCUT2D eigenvalue weighted by Gasteiger charge is 2.10. The van der Waals surface area contributed by atoms with E-state index in [9.17, 15) is 0 Å². The van der Waals surface area contributed by atoms with Crippen molar-refractivity contribution in [3.8, 4) is 17.0 Å². The molecule has 0 aliphatic heterocycles. The summed E-state index contributed by atoms with van der Waals surface area (Å²) in [7, 11) is 1.68. The van der Waals surface area contributed by atoms with Crippen LogP contribution < -0.4 is 4.74 Å². The summed E-state index contributed by atoms with van der Waals surface area (Å²) in [5, 5.41) is 0. The monoisotopic (exact) mass is 382 g/mol. The lowest BCUT2D eigenvalue weighted by Gasteiger charge is -2.04. The third-order valence-corrected chi connectivity index (χ3v) is 4.35. The average Bonchev–Trinajstić information content (AvgIpc) is 3.04. The number of benzene rings is 2. The van der Waals surface area contributed by atoms with E-state index in [0.717, 1.165) is 39.4 Å². The van der Waals surface area contributed by atoms with Crippen LogP contribution in [0.3, 0.4) is 0 Å². The molecule has 3 nitrogen and oxygen atoms in total. The molecule has 0 saturated carbocycles. The Balaban J connectivity index is 1.94. The second-order valence-electron chi connectivity index (χ2n) is 5.36. The first kappa shape index (κ1) is 16.5. The molecule has 1 aromatic heterocycles. The van der Waals surface area contributed by atoms with Gasteiger partial charge in [0.25, 0.3) is 0 Å². The highest BCUT2D eigenvalue weighted by molar-refractivity contribution is 9.10. The number of hydrogen-bond donors (Lipinski definition) is 0. The van der Waals surface area contributed by atoms with E-state index in [-0.39, 0.29) is 0 Å². The summed E-state index contributed by atoms with van der Waals surface area (Å²) >= 11 is 3.45. The first-order chi connectivity index (χ1) is 11.7. The number of ether oxygens (including phenoxy) is 1. The zero-order chi connectivity index (χ0) is 16.9. The number of halogens is 1. The van der Waals surface area contributed by atoms with Crippen molar-refractivity contribution in [2.45, 2.75) is 13.5 Å². The zero-order valence-corrected chi connectivity index (χ0v) is 15.3. The smallest absolute Gasteiger partial charge is 0.133 e. The predicted octanol–water partition coefficient (Wildman–Crippen LogP) is 5.51. The second kappa shape index (κ2) is 7.49. The van der Waals surface area contributed by atoms with Gasteiger partial charge in [-0.15, -0.1) is 0 Å². The summed E-state index contributed by atoms with van der Waals surface area (Å²) < 4.78 is 8.66. The Hall–Kier alpha value is -2.33. The molecule has 0 aliphatic rings. The summed E-state index contributed by atoms with van der Waals surface area (Å²) in [6.45, 7) is 2.98. The molecule has 4 heteroatoms. The largest absolute Gasteiger partial charge is 0.496 e. The van der Waals surface area contributed by atoms with Gasteiger partial charge in [-0.1, -0.05) is 46.3 Å². The van der Waals surface area contributed by atoms with Gasteiger partial charge in [0, 0.05) is 22.8 Å². The molecule has 2 aromatic carbocycles. The molecule has 0 amide bonds. The average molecular weight is 383 g/mol. The molecule has 122 valence electrons. The van der Waals surface area contributed by atoms with Crippen molar-refractivity contribution < 1.29 is 4.74 Å². The van der Waals surface area contributed by atoms with E-state index in [1.165, 1.54) is 0 Å². The van der Waals surface area contributed by atoms with Gasteiger partial charge in [0.1, 0.15) is 11.6 Å². The minimum absolute atomic E-state index is 0.835. The van der Waals surface area contributed by atoms with Gasteiger partial charge in [0.2, 0.25) is 0 Å². The van der Waals surface area contributed by atoms with Crippen LogP contribution in [0, 0.1) is 0 Å². The van der Waals surface area contributed by atoms with Gasteiger partial charge >= 0.3 is 0 Å². The Bertz CT molecular complexity index is 850. The lowest BCUT2D eigenvalue weighted by atomic mass is 10.1. The van der Waals surface area contributed by atoms with Crippen molar-refractivity contribution in [3.05, 3.63) is 70.6 Å². The summed E-state index contributed by atoms with van der Waals surface area (Å²) in [6.07, 6.45) is 6.19. The molecule has 0 saturated heterocycles. The summed E-state index contributed by atoms with van der Waals surface area (Å²) in [5.74, 6) is 1.77. The maximum atomic E-state index is 5.45. The standard InChI is InChI=1S/C20H19BrN2O/c1-3-23-14-18(17-6-4-5-7-19(17)24-2)22-20(23)13-10-15-8-11-16(21)12-9-15/h4-14H,3H2,1-2H3/b13-10+. The van der Waals surface area contributed by atoms with E-state index in [0.29, 0.717) is 0 Å². The molecule has 0 aliphatic carbocycles. The third kappa shape index (κ3) is 3.60. The van der Waals surface area contributed by atoms with Crippen LogP contribution in [0.15, 0.2) is 59.2 Å². The number of hydrogen-bond acceptors (Lipinski definition) is 2. The van der Waals surface area contributed by atoms with Crippen molar-refractivity contribution >= 4 is 28.1 Å². The predicted molar refractivity (Wildman–Crippen MR) is 103 cm³/mol. The Morgan fingerprint density at radius 3 is 2.54 bits per heavy atom. The molecule has 3 rings (SSSR count). The van der Waals surface area contributed by atoms with Crippen LogP contribution in [0.2, 0.25) is 0 Å². The van der Waals surface area contributed by atoms with Crippen molar-refractivity contribution in [3.63, 3.8) is 0 Å². The topological polar surface area (TPSA) is 27.1 Å². The Kier molecular flexibility index (Phi) is 5.16. The molecular weight excluding hydrogens is 364 g/mol. The second-order valence-corrected chi connectivity index (χ2v) is 6.27. The fourth-order valence-electron chi connectivity index (χ4n) is 2.55. The minimum atomic E-state index is 0.835. The van der Waals surface area contributed by atoms with Gasteiger partial charge in [-0.3, -0.25) is 0 Å². The minimum Gasteiger partial charge on any atom is -0.496 e. The number of para-hydroxylation sites is 1. The van der Waals surface area contributed by atoms with Crippen molar-refractivity contribution in [2.75, 3.05) is 7.11 Å². The Labute approximate surface area is 150 Å². The van der Waals surface area contributed by atoms with E-state index in [2.05, 4.69) is 51.8 Å². The first-order valence-corrected chi connectivity index (χ1v) is 8.64. The molecular formula is C20H19BrN2O. The normalized spacial score (nSPS) is 11.1. The highest BCUT2D eigenvalue weighted by Crippen LogP contribution is 2.29.